The molecule has 5 heteroatoms. The Labute approximate surface area is 77.2 Å². The van der Waals surface area contributed by atoms with E-state index < -0.39 is 0 Å². The zero-order chi connectivity index (χ0) is 0. The van der Waals surface area contributed by atoms with Crippen molar-refractivity contribution in [2.24, 2.45) is 0 Å². The normalized spacial score (nSPS) is 0. The summed E-state index contributed by atoms with van der Waals surface area (Å²) in [4.78, 5) is 0. The third kappa shape index (κ3) is 21.8. The van der Waals surface area contributed by atoms with E-state index in [-0.39, 0.29) is 77.8 Å². The van der Waals surface area contributed by atoms with E-state index in [0.717, 1.165) is 0 Å². The lowest BCUT2D eigenvalue weighted by molar-refractivity contribution is 6.92. The van der Waals surface area contributed by atoms with Crippen LogP contribution in [0.15, 0.2) is 0 Å². The standard InChI is InChI=1S/4BrH.H3P/h4*1H;1H3/p+1. The molecule has 1 unspecified atom stereocenters. The maximum atomic E-state index is 0. The Bertz CT molecular complexity index is 3.61. The smallest absolute Gasteiger partial charge is 0.0395 e. The van der Waals surface area contributed by atoms with E-state index >= 15 is 0 Å². The molecule has 0 saturated heterocycles. The van der Waals surface area contributed by atoms with Gasteiger partial charge in [0, 0.05) is 0 Å². The summed E-state index contributed by atoms with van der Waals surface area (Å²) in [6, 6.07) is 0. The van der Waals surface area contributed by atoms with Crippen LogP contribution in [-0.2, 0) is 0 Å². The molecule has 0 aliphatic carbocycles. The molecule has 0 aliphatic heterocycles. The van der Waals surface area contributed by atoms with Crippen LogP contribution in [0.25, 0.3) is 0 Å². The van der Waals surface area contributed by atoms with Crippen LogP contribution in [0, 0.1) is 0 Å². The Balaban J connectivity index is 0. The molecule has 0 nitrogen and oxygen atoms in total. The van der Waals surface area contributed by atoms with Crippen molar-refractivity contribution in [3.63, 3.8) is 0 Å². The number of rotatable bonds is 0. The molecule has 0 saturated carbocycles. The number of hydrogen-bond acceptors (Lipinski definition) is 0. The van der Waals surface area contributed by atoms with E-state index in [9.17, 15) is 0 Å². The van der Waals surface area contributed by atoms with Gasteiger partial charge < -0.3 is 0 Å². The van der Waals surface area contributed by atoms with Crippen molar-refractivity contribution in [1.82, 2.24) is 0 Å². The first-order chi connectivity index (χ1) is 0. The molecule has 0 N–H and O–H groups in total. The summed E-state index contributed by atoms with van der Waals surface area (Å²) in [5.74, 6) is 0. The summed E-state index contributed by atoms with van der Waals surface area (Å²) < 4.78 is 0. The first-order valence-corrected chi connectivity index (χ1v) is 0. The van der Waals surface area contributed by atoms with Gasteiger partial charge in [-0.2, -0.15) is 0 Å². The molecule has 0 rings (SSSR count). The molecule has 0 aromatic carbocycles. The average molecular weight is 359 g/mol. The van der Waals surface area contributed by atoms with Crippen LogP contribution >= 0.6 is 77.8 Å². The van der Waals surface area contributed by atoms with E-state index in [1.807, 2.05) is 0 Å². The lowest BCUT2D eigenvalue weighted by atomic mass is 31.0. The average Bonchev–Trinajstić information content (AvgIpc) is 0. The Morgan fingerprint density at radius 1 is 0.400 bits per heavy atom. The molecule has 0 spiro atoms. The summed E-state index contributed by atoms with van der Waals surface area (Å²) in [6.45, 7) is 0. The Kier molecular flexibility index (Phi) is 353. The fraction of sp³-hybridized carbons (Fsp3) is 0. The van der Waals surface area contributed by atoms with Gasteiger partial charge in [-0.1, -0.05) is 0 Å². The Morgan fingerprint density at radius 3 is 0.400 bits per heavy atom. The monoisotopic (exact) mass is 355 g/mol. The molecule has 0 amide bonds. The summed E-state index contributed by atoms with van der Waals surface area (Å²) in [6.07, 6.45) is 0. The first-order valence-electron chi connectivity index (χ1n) is 0. The quantitative estimate of drug-likeness (QED) is 0.582. The highest BCUT2D eigenvalue weighted by Crippen LogP contribution is 0.862. The summed E-state index contributed by atoms with van der Waals surface area (Å²) >= 11 is 0. The molecule has 0 aliphatic rings. The molecule has 0 radical (unpaired) electrons. The molecule has 5 heavy (non-hydrogen) atoms. The van der Waals surface area contributed by atoms with Gasteiger partial charge in [0.1, 0.15) is 0 Å². The SMILES string of the molecule is Br.Br.Br.Br.[PH4+]. The lowest BCUT2D eigenvalue weighted by Gasteiger charge is -0.115. The van der Waals surface area contributed by atoms with Gasteiger partial charge in [-0.05, 0) is 9.90 Å². The van der Waals surface area contributed by atoms with Crippen molar-refractivity contribution in [2.45, 2.75) is 0 Å². The second kappa shape index (κ2) is 32.9. The van der Waals surface area contributed by atoms with E-state index in [1.54, 1.807) is 0 Å². The zero-order valence-corrected chi connectivity index (χ0v) is 11.5. The van der Waals surface area contributed by atoms with Crippen molar-refractivity contribution < 1.29 is 0 Å². The van der Waals surface area contributed by atoms with Crippen molar-refractivity contribution in [3.8, 4) is 0 Å². The van der Waals surface area contributed by atoms with E-state index in [2.05, 4.69) is 0 Å². The first kappa shape index (κ1) is 53.7. The zero-order valence-electron chi connectivity index (χ0n) is 2.63. The maximum Gasteiger partial charge on any atom is -0.0395 e. The molecule has 0 bridgehead atoms. The molecule has 40 valence electrons. The van der Waals surface area contributed by atoms with Gasteiger partial charge in [-0.3, -0.25) is 0 Å². The molecule has 0 aromatic heterocycles. The van der Waals surface area contributed by atoms with Crippen LogP contribution in [0.3, 0.4) is 0 Å². The van der Waals surface area contributed by atoms with Crippen LogP contribution < -0.4 is 0 Å². The third-order valence-corrected chi connectivity index (χ3v) is 0. The topological polar surface area (TPSA) is 0 Å². The van der Waals surface area contributed by atoms with Crippen molar-refractivity contribution in [2.75, 3.05) is 0 Å². The number of hydrogen-bond donors (Lipinski definition) is 0. The van der Waals surface area contributed by atoms with Crippen molar-refractivity contribution in [3.05, 3.63) is 0 Å². The minimum Gasteiger partial charge on any atom is -0.114 e. The lowest BCUT2D eigenvalue weighted by Crippen LogP contribution is 0.845. The maximum absolute atomic E-state index is 0. The highest BCUT2D eigenvalue weighted by atomic mass is 79.9. The molecule has 0 heterocycles. The second-order valence-electron chi connectivity index (χ2n) is 0. The van der Waals surface area contributed by atoms with Gasteiger partial charge in [0.15, 0.2) is 0 Å². The molecule has 0 aromatic rings. The highest BCUT2D eigenvalue weighted by molar-refractivity contribution is 8.93. The second-order valence-corrected chi connectivity index (χ2v) is 0. The van der Waals surface area contributed by atoms with Gasteiger partial charge in [0.2, 0.25) is 0 Å². The Morgan fingerprint density at radius 2 is 0.400 bits per heavy atom. The minimum atomic E-state index is 0. The van der Waals surface area contributed by atoms with Gasteiger partial charge >= 0.3 is 0 Å². The highest BCUT2D eigenvalue weighted by Gasteiger charge is -0.0395. The summed E-state index contributed by atoms with van der Waals surface area (Å²) in [7, 11) is 0. The predicted octanol–water partition coefficient (Wildman–Crippen LogP) is 2.10. The third-order valence-electron chi connectivity index (χ3n) is 0. The van der Waals surface area contributed by atoms with Gasteiger partial charge in [-0.25, -0.2) is 0 Å². The van der Waals surface area contributed by atoms with Crippen LogP contribution in [0.2, 0.25) is 0 Å². The van der Waals surface area contributed by atoms with Gasteiger partial charge in [-0.15, -0.1) is 67.9 Å². The summed E-state index contributed by atoms with van der Waals surface area (Å²) in [5, 5.41) is 0. The minimum absolute atomic E-state index is 0. The predicted molar refractivity (Wildman–Crippen MR) is 53.8 cm³/mol. The van der Waals surface area contributed by atoms with Crippen molar-refractivity contribution >= 4 is 77.8 Å². The van der Waals surface area contributed by atoms with Gasteiger partial charge in [0.05, 0.1) is 0 Å². The largest absolute Gasteiger partial charge is 0.114 e. The molecular formula is H8Br4P+. The fourth-order valence-electron chi connectivity index (χ4n) is 0. The molecule has 0 fully saturated rings. The van der Waals surface area contributed by atoms with Crippen LogP contribution in [0.5, 0.6) is 0 Å². The fourth-order valence-corrected chi connectivity index (χ4v) is 0. The van der Waals surface area contributed by atoms with Crippen LogP contribution in [0.1, 0.15) is 0 Å². The van der Waals surface area contributed by atoms with Gasteiger partial charge in [0.25, 0.3) is 0 Å². The van der Waals surface area contributed by atoms with Crippen LogP contribution in [-0.4, -0.2) is 0 Å². The van der Waals surface area contributed by atoms with E-state index in [1.165, 1.54) is 0 Å². The van der Waals surface area contributed by atoms with Crippen LogP contribution in [0.4, 0.5) is 0 Å². The van der Waals surface area contributed by atoms with Crippen molar-refractivity contribution in [1.29, 1.82) is 0 Å². The number of halogens is 4. The van der Waals surface area contributed by atoms with E-state index in [4.69, 9.17) is 0 Å². The summed E-state index contributed by atoms with van der Waals surface area (Å²) in [5.41, 5.74) is 0. The Hall–Kier alpha value is 2.35. The molecule has 1 atom stereocenters. The molecular weight excluding hydrogens is 351 g/mol. The van der Waals surface area contributed by atoms with E-state index in [0.29, 0.717) is 0 Å².